The molecule has 2 aliphatic rings. The van der Waals surface area contributed by atoms with Gasteiger partial charge >= 0.3 is 0 Å². The summed E-state index contributed by atoms with van der Waals surface area (Å²) >= 11 is 0. The number of allylic oxidation sites excluding steroid dienone is 1. The summed E-state index contributed by atoms with van der Waals surface area (Å²) < 4.78 is 6.56. The van der Waals surface area contributed by atoms with E-state index >= 15 is 0 Å². The highest BCUT2D eigenvalue weighted by atomic mass is 16.5. The number of ether oxygens (including phenoxy) is 1. The van der Waals surface area contributed by atoms with Crippen molar-refractivity contribution < 1.29 is 4.74 Å². The smallest absolute Gasteiger partial charge is 0.136 e. The summed E-state index contributed by atoms with van der Waals surface area (Å²) in [4.78, 5) is 0. The highest BCUT2D eigenvalue weighted by molar-refractivity contribution is 6.08. The molecular weight excluding hydrogens is 508 g/mol. The second kappa shape index (κ2) is 9.60. The van der Waals surface area contributed by atoms with Crippen LogP contribution in [0.2, 0.25) is 0 Å². The first-order chi connectivity index (χ1) is 20.5. The first kappa shape index (κ1) is 24.9. The van der Waals surface area contributed by atoms with Gasteiger partial charge in [-0.1, -0.05) is 90.5 Å². The fraction of sp³-hybridized carbons (Fsp3) is 0.122. The van der Waals surface area contributed by atoms with Gasteiger partial charge in [-0.25, -0.2) is 0 Å². The molecule has 0 N–H and O–H groups in total. The molecule has 0 amide bonds. The molecule has 6 aromatic carbocycles. The van der Waals surface area contributed by atoms with E-state index in [1.807, 2.05) is 0 Å². The Kier molecular flexibility index (Phi) is 5.69. The van der Waals surface area contributed by atoms with Gasteiger partial charge in [-0.15, -0.1) is 0 Å². The molecule has 0 unspecified atom stereocenters. The maximum Gasteiger partial charge on any atom is 0.136 e. The summed E-state index contributed by atoms with van der Waals surface area (Å²) in [6, 6.07) is 38.0. The Balaban J connectivity index is 1.21. The van der Waals surface area contributed by atoms with Crippen LogP contribution < -0.4 is 4.74 Å². The first-order valence-electron chi connectivity index (χ1n) is 14.9. The van der Waals surface area contributed by atoms with Crippen molar-refractivity contribution in [3.8, 4) is 56.0 Å². The fourth-order valence-electron chi connectivity index (χ4n) is 7.17. The molecular formula is C41H32O. The second-order valence-electron chi connectivity index (χ2n) is 11.9. The van der Waals surface area contributed by atoms with E-state index in [2.05, 4.69) is 136 Å². The minimum absolute atomic E-state index is 0.928. The summed E-state index contributed by atoms with van der Waals surface area (Å²) in [6.07, 6.45) is 6.73. The third-order valence-corrected chi connectivity index (χ3v) is 8.96. The molecule has 8 rings (SSSR count). The summed E-state index contributed by atoms with van der Waals surface area (Å²) in [6.45, 7) is 6.60. The molecule has 1 aliphatic heterocycles. The Bertz CT molecular complexity index is 2070. The van der Waals surface area contributed by atoms with Crippen molar-refractivity contribution in [3.05, 3.63) is 137 Å². The van der Waals surface area contributed by atoms with Gasteiger partial charge in [0, 0.05) is 10.9 Å². The molecule has 1 nitrogen and oxygen atoms in total. The zero-order chi connectivity index (χ0) is 28.4. The summed E-state index contributed by atoms with van der Waals surface area (Å²) in [7, 11) is 0. The number of hydrogen-bond acceptors (Lipinski definition) is 1. The highest BCUT2D eigenvalue weighted by Crippen LogP contribution is 2.49. The lowest BCUT2D eigenvalue weighted by Gasteiger charge is -2.25. The van der Waals surface area contributed by atoms with Crippen molar-refractivity contribution in [1.29, 1.82) is 0 Å². The minimum atomic E-state index is 0.928. The molecule has 42 heavy (non-hydrogen) atoms. The normalized spacial score (nSPS) is 13.0. The van der Waals surface area contributed by atoms with Gasteiger partial charge in [-0.2, -0.15) is 0 Å². The Labute approximate surface area is 247 Å². The zero-order valence-corrected chi connectivity index (χ0v) is 24.3. The standard InChI is InChI=1S/C41H32O/c1-25-19-26(2)40(27(3)20-25)33-13-7-12-30(22-33)28-10-6-11-29(21-28)31-17-18-38-37(23-31)36-16-8-15-35-34-14-5-4-9-32(34)24-39(42-38)41(35)36/h5-8,10-24H,4,9H2,1-3H3. The Morgan fingerprint density at radius 2 is 1.24 bits per heavy atom. The fourth-order valence-corrected chi connectivity index (χ4v) is 7.17. The van der Waals surface area contributed by atoms with Crippen molar-refractivity contribution in [1.82, 2.24) is 0 Å². The van der Waals surface area contributed by atoms with Crippen LogP contribution in [0.25, 0.3) is 61.4 Å². The average Bonchev–Trinajstić information content (AvgIpc) is 3.01. The minimum Gasteiger partial charge on any atom is -0.456 e. The second-order valence-corrected chi connectivity index (χ2v) is 11.9. The number of benzene rings is 6. The van der Waals surface area contributed by atoms with Crippen LogP contribution >= 0.6 is 0 Å². The van der Waals surface area contributed by atoms with Crippen LogP contribution in [0.3, 0.4) is 0 Å². The van der Waals surface area contributed by atoms with Gasteiger partial charge in [0.05, 0.1) is 0 Å². The van der Waals surface area contributed by atoms with Crippen LogP contribution in [-0.4, -0.2) is 0 Å². The predicted molar refractivity (Wildman–Crippen MR) is 177 cm³/mol. The molecule has 0 spiro atoms. The van der Waals surface area contributed by atoms with Crippen LogP contribution in [0.5, 0.6) is 11.5 Å². The van der Waals surface area contributed by atoms with E-state index in [1.54, 1.807) is 0 Å². The van der Waals surface area contributed by atoms with E-state index in [0.717, 1.165) is 29.9 Å². The van der Waals surface area contributed by atoms with Gasteiger partial charge in [0.2, 0.25) is 0 Å². The van der Waals surface area contributed by atoms with Crippen LogP contribution in [0.4, 0.5) is 0 Å². The Morgan fingerprint density at radius 3 is 2.00 bits per heavy atom. The van der Waals surface area contributed by atoms with Crippen molar-refractivity contribution in [2.75, 3.05) is 0 Å². The molecule has 0 saturated heterocycles. The Hall–Kier alpha value is -4.88. The summed E-state index contributed by atoms with van der Waals surface area (Å²) in [5, 5.41) is 2.51. The quantitative estimate of drug-likeness (QED) is 0.217. The number of fused-ring (bicyclic) bond motifs is 4. The number of aryl methyl sites for hydroxylation is 4. The van der Waals surface area contributed by atoms with E-state index in [0.29, 0.717) is 0 Å². The van der Waals surface area contributed by atoms with E-state index < -0.39 is 0 Å². The molecule has 0 atom stereocenters. The zero-order valence-electron chi connectivity index (χ0n) is 24.3. The van der Waals surface area contributed by atoms with Gasteiger partial charge in [0.15, 0.2) is 0 Å². The molecule has 1 heterocycles. The molecule has 1 heteroatoms. The molecule has 6 aromatic rings. The number of hydrogen-bond donors (Lipinski definition) is 0. The lowest BCUT2D eigenvalue weighted by Crippen LogP contribution is -2.02. The molecule has 0 aromatic heterocycles. The topological polar surface area (TPSA) is 9.23 Å². The van der Waals surface area contributed by atoms with E-state index in [-0.39, 0.29) is 0 Å². The van der Waals surface area contributed by atoms with E-state index in [4.69, 9.17) is 4.74 Å². The average molecular weight is 541 g/mol. The third kappa shape index (κ3) is 4.00. The van der Waals surface area contributed by atoms with Gasteiger partial charge in [0.1, 0.15) is 11.5 Å². The van der Waals surface area contributed by atoms with Crippen molar-refractivity contribution in [2.45, 2.75) is 33.6 Å². The van der Waals surface area contributed by atoms with Crippen LogP contribution in [0.15, 0.2) is 109 Å². The summed E-state index contributed by atoms with van der Waals surface area (Å²) in [5.41, 5.74) is 16.5. The lowest BCUT2D eigenvalue weighted by atomic mass is 9.86. The SMILES string of the molecule is Cc1cc(C)c(-c2cccc(-c3cccc(-c4ccc5c(c4)-c4cccc6c7c(cc(c46)O5)CCC=C7)c3)c2)c(C)c1. The molecule has 0 saturated carbocycles. The van der Waals surface area contributed by atoms with Crippen molar-refractivity contribution in [2.24, 2.45) is 0 Å². The first-order valence-corrected chi connectivity index (χ1v) is 14.9. The van der Waals surface area contributed by atoms with E-state index in [1.165, 1.54) is 77.5 Å². The van der Waals surface area contributed by atoms with E-state index in [9.17, 15) is 0 Å². The Morgan fingerprint density at radius 1 is 0.571 bits per heavy atom. The molecule has 0 bridgehead atoms. The predicted octanol–water partition coefficient (Wildman–Crippen LogP) is 11.5. The summed E-state index contributed by atoms with van der Waals surface area (Å²) in [5.74, 6) is 1.91. The largest absolute Gasteiger partial charge is 0.456 e. The number of rotatable bonds is 3. The van der Waals surface area contributed by atoms with Gasteiger partial charge in [0.25, 0.3) is 0 Å². The molecule has 1 aliphatic carbocycles. The molecule has 0 radical (unpaired) electrons. The van der Waals surface area contributed by atoms with Crippen molar-refractivity contribution >= 4 is 16.8 Å². The van der Waals surface area contributed by atoms with Crippen LogP contribution in [0.1, 0.15) is 34.2 Å². The molecule has 0 fully saturated rings. The third-order valence-electron chi connectivity index (χ3n) is 8.96. The lowest BCUT2D eigenvalue weighted by molar-refractivity contribution is 0.486. The van der Waals surface area contributed by atoms with Gasteiger partial charge in [-0.05, 0) is 131 Å². The molecule has 202 valence electrons. The highest BCUT2D eigenvalue weighted by Gasteiger charge is 2.23. The van der Waals surface area contributed by atoms with Gasteiger partial charge in [-0.3, -0.25) is 0 Å². The monoisotopic (exact) mass is 540 g/mol. The van der Waals surface area contributed by atoms with Crippen LogP contribution in [-0.2, 0) is 6.42 Å². The van der Waals surface area contributed by atoms with Gasteiger partial charge < -0.3 is 4.74 Å². The van der Waals surface area contributed by atoms with Crippen LogP contribution in [0, 0.1) is 20.8 Å². The van der Waals surface area contributed by atoms with Crippen molar-refractivity contribution in [3.63, 3.8) is 0 Å². The maximum absolute atomic E-state index is 6.56. The maximum atomic E-state index is 6.56.